The first-order chi connectivity index (χ1) is 8.37. The van der Waals surface area contributed by atoms with E-state index in [1.54, 1.807) is 0 Å². The highest BCUT2D eigenvalue weighted by molar-refractivity contribution is 7.12. The smallest absolute Gasteiger partial charge is 0.0305 e. The first-order valence-electron chi connectivity index (χ1n) is 7.20. The largest absolute Gasteiger partial charge is 0.307 e. The highest BCUT2D eigenvalue weighted by Crippen LogP contribution is 2.36. The minimum absolute atomic E-state index is 0.494. The molecule has 1 saturated carbocycles. The van der Waals surface area contributed by atoms with Gasteiger partial charge in [-0.05, 0) is 57.1 Å². The van der Waals surface area contributed by atoms with Gasteiger partial charge >= 0.3 is 0 Å². The van der Waals surface area contributed by atoms with Crippen molar-refractivity contribution in [3.8, 4) is 0 Å². The number of nitrogens with one attached hydrogen (secondary N) is 1. The maximum atomic E-state index is 3.85. The molecule has 1 aromatic heterocycles. The third-order valence-electron chi connectivity index (χ3n) is 4.24. The molecule has 0 spiro atoms. The van der Waals surface area contributed by atoms with Gasteiger partial charge in [-0.1, -0.05) is 20.3 Å². The fourth-order valence-electron chi connectivity index (χ4n) is 3.36. The van der Waals surface area contributed by atoms with Crippen LogP contribution in [0.4, 0.5) is 0 Å². The molecule has 1 fully saturated rings. The molecule has 18 heavy (non-hydrogen) atoms. The molecule has 1 aliphatic rings. The molecule has 2 unspecified atom stereocenters. The molecule has 2 rings (SSSR count). The second-order valence-corrected chi connectivity index (χ2v) is 8.17. The van der Waals surface area contributed by atoms with Crippen LogP contribution in [0.5, 0.6) is 0 Å². The van der Waals surface area contributed by atoms with E-state index < -0.39 is 0 Å². The molecule has 0 saturated heterocycles. The lowest BCUT2D eigenvalue weighted by Gasteiger charge is -2.37. The quantitative estimate of drug-likeness (QED) is 0.812. The molecule has 1 aliphatic carbocycles. The van der Waals surface area contributed by atoms with Crippen molar-refractivity contribution in [2.45, 2.75) is 72.4 Å². The molecule has 2 heteroatoms. The second kappa shape index (κ2) is 5.34. The summed E-state index contributed by atoms with van der Waals surface area (Å²) in [4.78, 5) is 2.91. The van der Waals surface area contributed by atoms with E-state index in [0.29, 0.717) is 17.5 Å². The van der Waals surface area contributed by atoms with Crippen molar-refractivity contribution >= 4 is 11.3 Å². The maximum Gasteiger partial charge on any atom is 0.0305 e. The topological polar surface area (TPSA) is 12.0 Å². The van der Waals surface area contributed by atoms with Gasteiger partial charge in [0.2, 0.25) is 0 Å². The highest BCUT2D eigenvalue weighted by Gasteiger charge is 2.28. The highest BCUT2D eigenvalue weighted by atomic mass is 32.1. The third-order valence-corrected chi connectivity index (χ3v) is 5.22. The van der Waals surface area contributed by atoms with Crippen molar-refractivity contribution in [1.29, 1.82) is 0 Å². The Balaban J connectivity index is 1.99. The van der Waals surface area contributed by atoms with Gasteiger partial charge in [0.15, 0.2) is 0 Å². The van der Waals surface area contributed by atoms with Crippen molar-refractivity contribution in [3.63, 3.8) is 0 Å². The monoisotopic (exact) mass is 265 g/mol. The van der Waals surface area contributed by atoms with Gasteiger partial charge in [-0.2, -0.15) is 0 Å². The number of rotatable bonds is 3. The summed E-state index contributed by atoms with van der Waals surface area (Å²) in [5.41, 5.74) is 2.02. The molecule has 102 valence electrons. The Morgan fingerprint density at radius 2 is 2.11 bits per heavy atom. The van der Waals surface area contributed by atoms with E-state index in [0.717, 1.165) is 0 Å². The molecule has 0 bridgehead atoms. The molecule has 1 heterocycles. The van der Waals surface area contributed by atoms with E-state index in [4.69, 9.17) is 0 Å². The van der Waals surface area contributed by atoms with E-state index in [1.165, 1.54) is 41.0 Å². The molecule has 2 atom stereocenters. The van der Waals surface area contributed by atoms with Gasteiger partial charge in [-0.25, -0.2) is 0 Å². The molecular weight excluding hydrogens is 238 g/mol. The van der Waals surface area contributed by atoms with Gasteiger partial charge in [0.05, 0.1) is 0 Å². The van der Waals surface area contributed by atoms with Crippen LogP contribution in [0, 0.1) is 19.3 Å². The lowest BCUT2D eigenvalue weighted by Crippen LogP contribution is -2.38. The van der Waals surface area contributed by atoms with Crippen LogP contribution in [0.15, 0.2) is 6.07 Å². The Morgan fingerprint density at radius 1 is 1.39 bits per heavy atom. The fourth-order valence-corrected chi connectivity index (χ4v) is 4.39. The van der Waals surface area contributed by atoms with E-state index in [-0.39, 0.29) is 0 Å². The third kappa shape index (κ3) is 3.36. The molecule has 1 aromatic rings. The SMILES string of the molecule is Cc1cc(C(C)NC2CCCC(C)(C)C2)c(C)s1. The predicted octanol–water partition coefficient (Wildman–Crippen LogP) is 4.98. The van der Waals surface area contributed by atoms with Crippen LogP contribution in [0.3, 0.4) is 0 Å². The van der Waals surface area contributed by atoms with Crippen molar-refractivity contribution < 1.29 is 0 Å². The van der Waals surface area contributed by atoms with Crippen molar-refractivity contribution in [1.82, 2.24) is 5.32 Å². The van der Waals surface area contributed by atoms with Crippen molar-refractivity contribution in [3.05, 3.63) is 21.4 Å². The predicted molar refractivity (Wildman–Crippen MR) is 81.4 cm³/mol. The minimum atomic E-state index is 0.494. The lowest BCUT2D eigenvalue weighted by atomic mass is 9.75. The summed E-state index contributed by atoms with van der Waals surface area (Å²) in [6.07, 6.45) is 5.42. The van der Waals surface area contributed by atoms with Gasteiger partial charge in [-0.15, -0.1) is 11.3 Å². The lowest BCUT2D eigenvalue weighted by molar-refractivity contribution is 0.191. The van der Waals surface area contributed by atoms with Crippen LogP contribution in [-0.2, 0) is 0 Å². The number of hydrogen-bond donors (Lipinski definition) is 1. The first kappa shape index (κ1) is 14.1. The Morgan fingerprint density at radius 3 is 2.67 bits per heavy atom. The summed E-state index contributed by atoms with van der Waals surface area (Å²) in [5.74, 6) is 0. The number of thiophene rings is 1. The van der Waals surface area contributed by atoms with Gasteiger partial charge in [0.25, 0.3) is 0 Å². The van der Waals surface area contributed by atoms with Crippen LogP contribution >= 0.6 is 11.3 Å². The Kier molecular flexibility index (Phi) is 4.18. The first-order valence-corrected chi connectivity index (χ1v) is 8.02. The molecule has 0 aliphatic heterocycles. The molecular formula is C16H27NS. The van der Waals surface area contributed by atoms with Crippen molar-refractivity contribution in [2.24, 2.45) is 5.41 Å². The van der Waals surface area contributed by atoms with Gasteiger partial charge in [0, 0.05) is 21.8 Å². The minimum Gasteiger partial charge on any atom is -0.307 e. The summed E-state index contributed by atoms with van der Waals surface area (Å²) < 4.78 is 0. The average Bonchev–Trinajstić information content (AvgIpc) is 2.56. The summed E-state index contributed by atoms with van der Waals surface area (Å²) >= 11 is 1.92. The van der Waals surface area contributed by atoms with Crippen LogP contribution < -0.4 is 5.32 Å². The van der Waals surface area contributed by atoms with E-state index in [9.17, 15) is 0 Å². The average molecular weight is 265 g/mol. The van der Waals surface area contributed by atoms with Gasteiger partial charge < -0.3 is 5.32 Å². The zero-order valence-electron chi connectivity index (χ0n) is 12.5. The molecule has 0 amide bonds. The summed E-state index contributed by atoms with van der Waals surface area (Å²) in [6.45, 7) is 11.6. The molecule has 1 nitrogen and oxygen atoms in total. The zero-order valence-corrected chi connectivity index (χ0v) is 13.3. The summed E-state index contributed by atoms with van der Waals surface area (Å²) in [7, 11) is 0. The van der Waals surface area contributed by atoms with Gasteiger partial charge in [0.1, 0.15) is 0 Å². The van der Waals surface area contributed by atoms with Crippen LogP contribution in [0.25, 0.3) is 0 Å². The van der Waals surface area contributed by atoms with E-state index >= 15 is 0 Å². The summed E-state index contributed by atoms with van der Waals surface area (Å²) in [6, 6.07) is 3.54. The molecule has 1 N–H and O–H groups in total. The Hall–Kier alpha value is -0.340. The zero-order chi connectivity index (χ0) is 13.3. The van der Waals surface area contributed by atoms with E-state index in [1.807, 2.05) is 11.3 Å². The summed E-state index contributed by atoms with van der Waals surface area (Å²) in [5, 5.41) is 3.85. The van der Waals surface area contributed by atoms with Crippen LogP contribution in [0.1, 0.15) is 67.8 Å². The number of hydrogen-bond acceptors (Lipinski definition) is 2. The van der Waals surface area contributed by atoms with Crippen LogP contribution in [0.2, 0.25) is 0 Å². The van der Waals surface area contributed by atoms with E-state index in [2.05, 4.69) is 46.0 Å². The Bertz CT molecular complexity index is 405. The maximum absolute atomic E-state index is 3.85. The Labute approximate surface area is 116 Å². The standard InChI is InChI=1S/C16H27NS/c1-11-9-15(13(3)18-11)12(2)17-14-7-6-8-16(4,5)10-14/h9,12,14,17H,6-8,10H2,1-5H3. The van der Waals surface area contributed by atoms with Crippen LogP contribution in [-0.4, -0.2) is 6.04 Å². The van der Waals surface area contributed by atoms with Gasteiger partial charge in [-0.3, -0.25) is 0 Å². The normalized spacial score (nSPS) is 25.1. The van der Waals surface area contributed by atoms with Crippen molar-refractivity contribution in [2.75, 3.05) is 0 Å². The fraction of sp³-hybridized carbons (Fsp3) is 0.750. The molecule has 0 aromatic carbocycles. The number of aryl methyl sites for hydroxylation is 2. The molecule has 0 radical (unpaired) electrons. The second-order valence-electron chi connectivity index (χ2n) is 6.71.